The number of benzene rings is 3. The summed E-state index contributed by atoms with van der Waals surface area (Å²) < 4.78 is 7.35. The maximum Gasteiger partial charge on any atom is 0.126 e. The van der Waals surface area contributed by atoms with Crippen molar-refractivity contribution in [3.63, 3.8) is 0 Å². The van der Waals surface area contributed by atoms with Gasteiger partial charge in [0, 0.05) is 32.7 Å². The largest absolute Gasteiger partial charge is 0.508 e. The molecule has 1 aliphatic heterocycles. The SMILES string of the molecule is COc1cccc(C2=N[C@H](c3ccc(Br)cc3)N[C@H](c3cc(Br)ccc3O)C2)c1. The minimum atomic E-state index is -0.221. The van der Waals surface area contributed by atoms with Crippen molar-refractivity contribution in [2.45, 2.75) is 18.6 Å². The molecule has 1 aliphatic rings. The first-order valence-corrected chi connectivity index (χ1v) is 10.8. The molecule has 0 saturated carbocycles. The van der Waals surface area contributed by atoms with Crippen molar-refractivity contribution in [3.05, 3.63) is 92.4 Å². The molecule has 0 aromatic heterocycles. The van der Waals surface area contributed by atoms with Gasteiger partial charge < -0.3 is 9.84 Å². The van der Waals surface area contributed by atoms with Gasteiger partial charge in [0.25, 0.3) is 0 Å². The van der Waals surface area contributed by atoms with Gasteiger partial charge in [-0.25, -0.2) is 0 Å². The first-order chi connectivity index (χ1) is 14.0. The molecule has 0 spiro atoms. The molecule has 0 saturated heterocycles. The zero-order valence-electron chi connectivity index (χ0n) is 15.8. The van der Waals surface area contributed by atoms with E-state index in [0.29, 0.717) is 6.42 Å². The Labute approximate surface area is 186 Å². The van der Waals surface area contributed by atoms with Crippen LogP contribution in [0.2, 0.25) is 0 Å². The molecule has 0 aliphatic carbocycles. The molecule has 3 aromatic rings. The highest BCUT2D eigenvalue weighted by atomic mass is 79.9. The van der Waals surface area contributed by atoms with Gasteiger partial charge >= 0.3 is 0 Å². The second kappa shape index (κ2) is 8.69. The minimum Gasteiger partial charge on any atom is -0.508 e. The van der Waals surface area contributed by atoms with Crippen molar-refractivity contribution in [1.82, 2.24) is 5.32 Å². The second-order valence-corrected chi connectivity index (χ2v) is 8.72. The number of halogens is 2. The molecule has 6 heteroatoms. The van der Waals surface area contributed by atoms with Gasteiger partial charge in [0.1, 0.15) is 17.7 Å². The van der Waals surface area contributed by atoms with E-state index in [9.17, 15) is 5.11 Å². The van der Waals surface area contributed by atoms with E-state index in [2.05, 4.69) is 49.3 Å². The molecule has 0 unspecified atom stereocenters. The molecular formula is C23H20Br2N2O2. The predicted molar refractivity (Wildman–Crippen MR) is 123 cm³/mol. The number of aromatic hydroxyl groups is 1. The third kappa shape index (κ3) is 4.55. The minimum absolute atomic E-state index is 0.0835. The normalized spacial score (nSPS) is 18.9. The summed E-state index contributed by atoms with van der Waals surface area (Å²) in [7, 11) is 1.66. The van der Waals surface area contributed by atoms with Crippen LogP contribution in [0.25, 0.3) is 0 Å². The number of methoxy groups -OCH3 is 1. The van der Waals surface area contributed by atoms with E-state index in [1.807, 2.05) is 48.5 Å². The van der Waals surface area contributed by atoms with E-state index in [-0.39, 0.29) is 18.0 Å². The number of nitrogens with one attached hydrogen (secondary N) is 1. The molecule has 4 rings (SSSR count). The number of hydrogen-bond donors (Lipinski definition) is 2. The predicted octanol–water partition coefficient (Wildman–Crippen LogP) is 6.15. The van der Waals surface area contributed by atoms with Crippen LogP contribution in [-0.2, 0) is 0 Å². The molecule has 148 valence electrons. The van der Waals surface area contributed by atoms with E-state index < -0.39 is 0 Å². The lowest BCUT2D eigenvalue weighted by molar-refractivity contribution is 0.410. The number of aliphatic imine (C=N–C) groups is 1. The van der Waals surface area contributed by atoms with Crippen LogP contribution in [0.5, 0.6) is 11.5 Å². The van der Waals surface area contributed by atoms with E-state index in [4.69, 9.17) is 9.73 Å². The molecule has 0 amide bonds. The Morgan fingerprint density at radius 1 is 1.00 bits per heavy atom. The number of hydrogen-bond acceptors (Lipinski definition) is 4. The van der Waals surface area contributed by atoms with Gasteiger partial charge in [-0.1, -0.05) is 56.1 Å². The molecule has 3 aromatic carbocycles. The Kier molecular flexibility index (Phi) is 6.04. The molecule has 2 atom stereocenters. The van der Waals surface area contributed by atoms with Gasteiger partial charge in [0.15, 0.2) is 0 Å². The maximum atomic E-state index is 10.5. The number of phenols is 1. The highest BCUT2D eigenvalue weighted by Gasteiger charge is 2.28. The highest BCUT2D eigenvalue weighted by molar-refractivity contribution is 9.10. The average Bonchev–Trinajstić information content (AvgIpc) is 2.75. The van der Waals surface area contributed by atoms with Crippen molar-refractivity contribution in [1.29, 1.82) is 0 Å². The fourth-order valence-electron chi connectivity index (χ4n) is 3.50. The quantitative estimate of drug-likeness (QED) is 0.438. The van der Waals surface area contributed by atoms with Crippen molar-refractivity contribution in [2.75, 3.05) is 7.11 Å². The summed E-state index contributed by atoms with van der Waals surface area (Å²) in [5.74, 6) is 1.07. The third-order valence-electron chi connectivity index (χ3n) is 5.00. The lowest BCUT2D eigenvalue weighted by atomic mass is 9.93. The van der Waals surface area contributed by atoms with Crippen molar-refractivity contribution < 1.29 is 9.84 Å². The Morgan fingerprint density at radius 2 is 1.76 bits per heavy atom. The molecular weight excluding hydrogens is 496 g/mol. The van der Waals surface area contributed by atoms with E-state index in [0.717, 1.165) is 37.1 Å². The van der Waals surface area contributed by atoms with Crippen LogP contribution in [0, 0.1) is 0 Å². The van der Waals surface area contributed by atoms with Gasteiger partial charge in [0.05, 0.1) is 7.11 Å². The first kappa shape index (κ1) is 20.1. The number of nitrogens with zero attached hydrogens (tertiary/aromatic N) is 1. The lowest BCUT2D eigenvalue weighted by Gasteiger charge is -2.31. The number of rotatable bonds is 4. The van der Waals surface area contributed by atoms with Crippen LogP contribution in [0.3, 0.4) is 0 Å². The number of phenolic OH excluding ortho intramolecular Hbond substituents is 1. The van der Waals surface area contributed by atoms with Gasteiger partial charge in [0.2, 0.25) is 0 Å². The van der Waals surface area contributed by atoms with Gasteiger partial charge in [-0.05, 0) is 53.6 Å². The van der Waals surface area contributed by atoms with Crippen LogP contribution in [0.4, 0.5) is 0 Å². The van der Waals surface area contributed by atoms with Crippen LogP contribution < -0.4 is 10.1 Å². The van der Waals surface area contributed by atoms with Gasteiger partial charge in [-0.2, -0.15) is 0 Å². The summed E-state index contributed by atoms with van der Waals surface area (Å²) in [6.45, 7) is 0. The molecule has 0 radical (unpaired) electrons. The standard InChI is InChI=1S/C23H20Br2N2O2/c1-29-18-4-2-3-15(11-18)20-13-21(19-12-17(25)9-10-22(19)28)27-23(26-20)14-5-7-16(24)8-6-14/h2-12,21,23,27-28H,13H2,1H3/t21-,23-/m0/s1. The van der Waals surface area contributed by atoms with Crippen LogP contribution >= 0.6 is 31.9 Å². The molecule has 0 bridgehead atoms. The summed E-state index contributed by atoms with van der Waals surface area (Å²) in [6, 6.07) is 21.5. The summed E-state index contributed by atoms with van der Waals surface area (Å²) >= 11 is 7.01. The Morgan fingerprint density at radius 3 is 2.52 bits per heavy atom. The van der Waals surface area contributed by atoms with Crippen LogP contribution in [0.15, 0.2) is 80.7 Å². The smallest absolute Gasteiger partial charge is 0.126 e. The summed E-state index contributed by atoms with van der Waals surface area (Å²) in [4.78, 5) is 5.00. The second-order valence-electron chi connectivity index (χ2n) is 6.89. The molecule has 29 heavy (non-hydrogen) atoms. The van der Waals surface area contributed by atoms with E-state index in [1.165, 1.54) is 0 Å². The molecule has 4 nitrogen and oxygen atoms in total. The van der Waals surface area contributed by atoms with Gasteiger partial charge in [-0.15, -0.1) is 0 Å². The van der Waals surface area contributed by atoms with E-state index >= 15 is 0 Å². The lowest BCUT2D eigenvalue weighted by Crippen LogP contribution is -2.33. The average molecular weight is 516 g/mol. The summed E-state index contributed by atoms with van der Waals surface area (Å²) in [5.41, 5.74) is 3.90. The number of ether oxygens (including phenoxy) is 1. The third-order valence-corrected chi connectivity index (χ3v) is 6.02. The highest BCUT2D eigenvalue weighted by Crippen LogP contribution is 2.36. The van der Waals surface area contributed by atoms with Crippen molar-refractivity contribution in [3.8, 4) is 11.5 Å². The van der Waals surface area contributed by atoms with Gasteiger partial charge in [-0.3, -0.25) is 10.3 Å². The molecule has 2 N–H and O–H groups in total. The Hall–Kier alpha value is -2.15. The first-order valence-electron chi connectivity index (χ1n) is 9.24. The Bertz CT molecular complexity index is 1050. The zero-order chi connectivity index (χ0) is 20.4. The monoisotopic (exact) mass is 514 g/mol. The fraction of sp³-hybridized carbons (Fsp3) is 0.174. The van der Waals surface area contributed by atoms with E-state index in [1.54, 1.807) is 13.2 Å². The van der Waals surface area contributed by atoms with Crippen molar-refractivity contribution in [2.24, 2.45) is 4.99 Å². The summed E-state index contributed by atoms with van der Waals surface area (Å²) in [6.07, 6.45) is 0.436. The Balaban J connectivity index is 1.77. The summed E-state index contributed by atoms with van der Waals surface area (Å²) in [5, 5.41) is 14.1. The maximum absolute atomic E-state index is 10.5. The topological polar surface area (TPSA) is 53.8 Å². The zero-order valence-corrected chi connectivity index (χ0v) is 18.9. The van der Waals surface area contributed by atoms with Crippen LogP contribution in [-0.4, -0.2) is 17.9 Å². The van der Waals surface area contributed by atoms with Crippen LogP contribution in [0.1, 0.15) is 35.3 Å². The molecule has 0 fully saturated rings. The molecule has 1 heterocycles. The fourth-order valence-corrected chi connectivity index (χ4v) is 4.15. The van der Waals surface area contributed by atoms with Crippen molar-refractivity contribution >= 4 is 37.6 Å².